The van der Waals surface area contributed by atoms with Crippen molar-refractivity contribution in [3.8, 4) is 23.3 Å². The molecule has 0 radical (unpaired) electrons. The number of aromatic nitrogens is 3. The van der Waals surface area contributed by atoms with Gasteiger partial charge in [-0.3, -0.25) is 4.79 Å². The van der Waals surface area contributed by atoms with E-state index < -0.39 is 17.6 Å². The fraction of sp³-hybridized carbons (Fsp3) is 0.250. The van der Waals surface area contributed by atoms with Crippen LogP contribution in [0.4, 0.5) is 10.1 Å². The van der Waals surface area contributed by atoms with Gasteiger partial charge in [0.15, 0.2) is 5.69 Å². The van der Waals surface area contributed by atoms with Crippen molar-refractivity contribution in [2.75, 3.05) is 25.6 Å². The number of fused-ring (bicyclic) bond motifs is 1. The van der Waals surface area contributed by atoms with Crippen LogP contribution in [-0.2, 0) is 4.79 Å². The first kappa shape index (κ1) is 26.4. The zero-order valence-electron chi connectivity index (χ0n) is 21.5. The fourth-order valence-electron chi connectivity index (χ4n) is 3.61. The molecular weight excluding hydrogens is 489 g/mol. The summed E-state index contributed by atoms with van der Waals surface area (Å²) in [5.41, 5.74) is 1.74. The van der Waals surface area contributed by atoms with E-state index in [1.165, 1.54) is 16.8 Å². The molecule has 0 spiro atoms. The largest absolute Gasteiger partial charge is 0.489 e. The van der Waals surface area contributed by atoms with Gasteiger partial charge in [0.2, 0.25) is 0 Å². The Hall–Kier alpha value is -4.62. The molecular formula is C28H28FN5O4. The minimum atomic E-state index is -1.12. The number of ether oxygens (including phenoxy) is 1. The van der Waals surface area contributed by atoms with Crippen LogP contribution < -0.4 is 15.0 Å². The molecule has 10 heteroatoms. The van der Waals surface area contributed by atoms with Crippen LogP contribution in [0.3, 0.4) is 0 Å². The summed E-state index contributed by atoms with van der Waals surface area (Å²) in [5.74, 6) is 5.32. The Morgan fingerprint density at radius 2 is 1.95 bits per heavy atom. The van der Waals surface area contributed by atoms with Gasteiger partial charge in [0, 0.05) is 25.9 Å². The smallest absolute Gasteiger partial charge is 0.272 e. The third kappa shape index (κ3) is 6.19. The van der Waals surface area contributed by atoms with Gasteiger partial charge in [-0.25, -0.2) is 9.07 Å². The molecule has 1 amide bonds. The maximum atomic E-state index is 13.3. The maximum absolute atomic E-state index is 13.3. The van der Waals surface area contributed by atoms with Gasteiger partial charge < -0.3 is 24.9 Å². The highest BCUT2D eigenvalue weighted by Gasteiger charge is 2.19. The van der Waals surface area contributed by atoms with Gasteiger partial charge in [-0.05, 0) is 68.4 Å². The number of anilines is 1. The first-order valence-electron chi connectivity index (χ1n) is 11.8. The summed E-state index contributed by atoms with van der Waals surface area (Å²) in [6.45, 7) is 3.11. The number of amides is 1. The fourth-order valence-corrected chi connectivity index (χ4v) is 3.61. The van der Waals surface area contributed by atoms with Gasteiger partial charge in [-0.1, -0.05) is 11.8 Å². The van der Waals surface area contributed by atoms with Crippen LogP contribution >= 0.6 is 0 Å². The Morgan fingerprint density at radius 1 is 1.21 bits per heavy atom. The van der Waals surface area contributed by atoms with Crippen molar-refractivity contribution in [1.82, 2.24) is 19.7 Å². The highest BCUT2D eigenvalue weighted by atomic mass is 19.1. The predicted molar refractivity (Wildman–Crippen MR) is 141 cm³/mol. The SMILES string of the molecule is CN(C)c1cc(C#CC(C)(C)O)ccc1OC[C@@H](C=O)NC(=O)c1cc2ccn(-c3ccc(F)cc3)n2n1. The predicted octanol–water partition coefficient (Wildman–Crippen LogP) is 2.83. The molecule has 4 aromatic rings. The zero-order valence-corrected chi connectivity index (χ0v) is 21.5. The number of nitrogens with one attached hydrogen (secondary N) is 1. The molecule has 9 nitrogen and oxygen atoms in total. The van der Waals surface area contributed by atoms with Crippen molar-refractivity contribution in [3.63, 3.8) is 0 Å². The third-order valence-corrected chi connectivity index (χ3v) is 5.49. The van der Waals surface area contributed by atoms with E-state index in [-0.39, 0.29) is 18.1 Å². The summed E-state index contributed by atoms with van der Waals surface area (Å²) in [5, 5.41) is 16.8. The molecule has 0 fully saturated rings. The molecule has 0 aliphatic heterocycles. The normalized spacial score (nSPS) is 11.9. The Labute approximate surface area is 219 Å². The van der Waals surface area contributed by atoms with E-state index in [1.807, 2.05) is 25.1 Å². The lowest BCUT2D eigenvalue weighted by molar-refractivity contribution is -0.110. The lowest BCUT2D eigenvalue weighted by Crippen LogP contribution is -2.40. The molecule has 0 bridgehead atoms. The number of nitrogens with zero attached hydrogens (tertiary/aromatic N) is 4. The summed E-state index contributed by atoms with van der Waals surface area (Å²) < 4.78 is 22.3. The minimum Gasteiger partial charge on any atom is -0.489 e. The monoisotopic (exact) mass is 517 g/mol. The van der Waals surface area contributed by atoms with E-state index in [0.29, 0.717) is 28.8 Å². The molecule has 2 aromatic carbocycles. The molecule has 0 unspecified atom stereocenters. The van der Waals surface area contributed by atoms with Gasteiger partial charge in [0.1, 0.15) is 36.1 Å². The van der Waals surface area contributed by atoms with E-state index in [9.17, 15) is 19.1 Å². The van der Waals surface area contributed by atoms with E-state index in [4.69, 9.17) is 4.74 Å². The van der Waals surface area contributed by atoms with Crippen LogP contribution in [0.25, 0.3) is 11.2 Å². The first-order chi connectivity index (χ1) is 18.0. The lowest BCUT2D eigenvalue weighted by atomic mass is 10.1. The van der Waals surface area contributed by atoms with Crippen LogP contribution in [0.5, 0.6) is 5.75 Å². The minimum absolute atomic E-state index is 0.0973. The second kappa shape index (κ2) is 10.8. The van der Waals surface area contributed by atoms with Crippen molar-refractivity contribution in [3.05, 3.63) is 77.9 Å². The van der Waals surface area contributed by atoms with Gasteiger partial charge in [0.05, 0.1) is 16.9 Å². The summed E-state index contributed by atoms with van der Waals surface area (Å²) in [4.78, 5) is 26.4. The summed E-state index contributed by atoms with van der Waals surface area (Å²) in [6, 6.07) is 13.6. The third-order valence-electron chi connectivity index (χ3n) is 5.49. The van der Waals surface area contributed by atoms with Crippen LogP contribution in [0.15, 0.2) is 60.8 Å². The molecule has 0 saturated heterocycles. The molecule has 0 aliphatic carbocycles. The second-order valence-corrected chi connectivity index (χ2v) is 9.39. The van der Waals surface area contributed by atoms with Crippen LogP contribution in [0.2, 0.25) is 0 Å². The average molecular weight is 518 g/mol. The molecule has 0 saturated carbocycles. The topological polar surface area (TPSA) is 101 Å². The van der Waals surface area contributed by atoms with Crippen molar-refractivity contribution < 1.29 is 23.8 Å². The summed E-state index contributed by atoms with van der Waals surface area (Å²) in [7, 11) is 3.69. The molecule has 2 heterocycles. The number of hydrogen-bond acceptors (Lipinski definition) is 6. The highest BCUT2D eigenvalue weighted by Crippen LogP contribution is 2.28. The molecule has 1 atom stereocenters. The van der Waals surface area contributed by atoms with Crippen molar-refractivity contribution in [2.24, 2.45) is 0 Å². The number of carbonyl (C=O) groups is 2. The standard InChI is InChI=1S/C28H28FN5O4/c1-28(2,37)13-11-19-5-10-26(25(15-19)32(3)4)38-18-21(17-35)30-27(36)24-16-23-12-14-33(34(23)31-24)22-8-6-20(29)7-9-22/h5-10,12,14-17,21,37H,18H2,1-4H3,(H,30,36)/t21-/m1/s1. The maximum Gasteiger partial charge on any atom is 0.272 e. The number of rotatable bonds is 8. The van der Waals surface area contributed by atoms with Crippen molar-refractivity contribution >= 4 is 23.4 Å². The Morgan fingerprint density at radius 3 is 2.61 bits per heavy atom. The van der Waals surface area contributed by atoms with E-state index in [2.05, 4.69) is 22.3 Å². The van der Waals surface area contributed by atoms with Gasteiger partial charge in [-0.15, -0.1) is 5.10 Å². The molecule has 2 aromatic heterocycles. The van der Waals surface area contributed by atoms with Gasteiger partial charge >= 0.3 is 0 Å². The summed E-state index contributed by atoms with van der Waals surface area (Å²) in [6.07, 6.45) is 2.36. The van der Waals surface area contributed by atoms with Crippen molar-refractivity contribution in [2.45, 2.75) is 25.5 Å². The second-order valence-electron chi connectivity index (χ2n) is 9.39. The number of aldehydes is 1. The quantitative estimate of drug-likeness (QED) is 0.275. The number of halogens is 1. The highest BCUT2D eigenvalue weighted by molar-refractivity contribution is 5.95. The molecule has 2 N–H and O–H groups in total. The summed E-state index contributed by atoms with van der Waals surface area (Å²) >= 11 is 0. The molecule has 4 rings (SSSR count). The van der Waals surface area contributed by atoms with Crippen molar-refractivity contribution in [1.29, 1.82) is 0 Å². The lowest BCUT2D eigenvalue weighted by Gasteiger charge is -2.20. The Kier molecular flexibility index (Phi) is 7.50. The first-order valence-corrected chi connectivity index (χ1v) is 11.8. The number of benzene rings is 2. The molecule has 196 valence electrons. The Balaban J connectivity index is 1.45. The van der Waals surface area contributed by atoms with Crippen LogP contribution in [0, 0.1) is 17.7 Å². The number of hydrogen-bond donors (Lipinski definition) is 2. The van der Waals surface area contributed by atoms with E-state index in [1.54, 1.807) is 61.1 Å². The van der Waals surface area contributed by atoms with E-state index in [0.717, 1.165) is 5.69 Å². The molecule has 38 heavy (non-hydrogen) atoms. The van der Waals surface area contributed by atoms with Gasteiger partial charge in [-0.2, -0.15) is 4.63 Å². The van der Waals surface area contributed by atoms with E-state index >= 15 is 0 Å². The van der Waals surface area contributed by atoms with Crippen LogP contribution in [0.1, 0.15) is 29.9 Å². The van der Waals surface area contributed by atoms with Gasteiger partial charge in [0.25, 0.3) is 5.91 Å². The zero-order chi connectivity index (χ0) is 27.4. The average Bonchev–Trinajstić information content (AvgIpc) is 3.47. The van der Waals surface area contributed by atoms with Crippen LogP contribution in [-0.4, -0.2) is 64.1 Å². The Bertz CT molecular complexity index is 1520. The number of aliphatic hydroxyl groups is 1. The molecule has 0 aliphatic rings. The number of carbonyl (C=O) groups excluding carboxylic acids is 2.